The molecule has 0 amide bonds. The Kier molecular flexibility index (Phi) is 4.05. The van der Waals surface area contributed by atoms with Crippen molar-refractivity contribution in [2.75, 3.05) is 7.11 Å². The Balaban J connectivity index is 2.20. The lowest BCUT2D eigenvalue weighted by Gasteiger charge is -2.02. The van der Waals surface area contributed by atoms with E-state index in [1.807, 2.05) is 0 Å². The number of aromatic nitrogens is 4. The van der Waals surface area contributed by atoms with E-state index < -0.39 is 0 Å². The molecule has 0 N–H and O–H groups in total. The Hall–Kier alpha value is -0.760. The molecule has 2 rings (SSSR count). The molecule has 0 radical (unpaired) electrons. The summed E-state index contributed by atoms with van der Waals surface area (Å²) in [7, 11) is 1.59. The zero-order valence-electron chi connectivity index (χ0n) is 8.25. The lowest BCUT2D eigenvalue weighted by atomic mass is 10.6. The first kappa shape index (κ1) is 11.7. The first-order valence-corrected chi connectivity index (χ1v) is 6.32. The summed E-state index contributed by atoms with van der Waals surface area (Å²) in [6.07, 6.45) is 0. The standard InChI is InChI=1S/C8H7ClN4OS2/c1-14-3-6-11-5(9)2-7(12-6)16-8-13-10-4-15-8/h2,4H,3H2,1H3. The van der Waals surface area contributed by atoms with Gasteiger partial charge in [0.15, 0.2) is 10.2 Å². The number of ether oxygens (including phenoxy) is 1. The van der Waals surface area contributed by atoms with E-state index in [9.17, 15) is 0 Å². The highest BCUT2D eigenvalue weighted by atomic mass is 35.5. The fourth-order valence-corrected chi connectivity index (χ4v) is 2.70. The van der Waals surface area contributed by atoms with Crippen LogP contribution >= 0.6 is 34.7 Å². The van der Waals surface area contributed by atoms with Gasteiger partial charge in [-0.15, -0.1) is 10.2 Å². The van der Waals surface area contributed by atoms with Gasteiger partial charge in [0, 0.05) is 13.2 Å². The van der Waals surface area contributed by atoms with Gasteiger partial charge in [-0.3, -0.25) is 0 Å². The third-order valence-corrected chi connectivity index (χ3v) is 3.41. The van der Waals surface area contributed by atoms with Crippen molar-refractivity contribution in [1.82, 2.24) is 20.2 Å². The van der Waals surface area contributed by atoms with Gasteiger partial charge >= 0.3 is 0 Å². The van der Waals surface area contributed by atoms with Crippen LogP contribution in [0, 0.1) is 0 Å². The lowest BCUT2D eigenvalue weighted by molar-refractivity contribution is 0.177. The average Bonchev–Trinajstić information content (AvgIpc) is 2.70. The Morgan fingerprint density at radius 2 is 2.38 bits per heavy atom. The Labute approximate surface area is 105 Å². The minimum atomic E-state index is 0.338. The normalized spacial score (nSPS) is 10.6. The van der Waals surface area contributed by atoms with Crippen molar-refractivity contribution in [3.05, 3.63) is 22.6 Å². The zero-order valence-corrected chi connectivity index (χ0v) is 10.6. The van der Waals surface area contributed by atoms with Gasteiger partial charge in [0.05, 0.1) is 0 Å². The molecule has 0 saturated heterocycles. The maximum absolute atomic E-state index is 5.87. The predicted molar refractivity (Wildman–Crippen MR) is 61.8 cm³/mol. The number of nitrogens with zero attached hydrogens (tertiary/aromatic N) is 4. The SMILES string of the molecule is COCc1nc(Cl)cc(Sc2nncs2)n1. The van der Waals surface area contributed by atoms with Crippen molar-refractivity contribution >= 4 is 34.7 Å². The molecule has 0 aliphatic carbocycles. The Morgan fingerprint density at radius 1 is 1.50 bits per heavy atom. The van der Waals surface area contributed by atoms with Crippen LogP contribution in [0.2, 0.25) is 5.15 Å². The number of hydrogen-bond donors (Lipinski definition) is 0. The summed E-state index contributed by atoms with van der Waals surface area (Å²) in [5, 5.41) is 8.80. The molecule has 5 nitrogen and oxygen atoms in total. The minimum absolute atomic E-state index is 0.338. The fourth-order valence-electron chi connectivity index (χ4n) is 0.985. The average molecular weight is 275 g/mol. The van der Waals surface area contributed by atoms with E-state index in [4.69, 9.17) is 16.3 Å². The van der Waals surface area contributed by atoms with Crippen molar-refractivity contribution in [3.63, 3.8) is 0 Å². The van der Waals surface area contributed by atoms with Gasteiger partial charge in [-0.25, -0.2) is 9.97 Å². The van der Waals surface area contributed by atoms with E-state index in [1.165, 1.54) is 23.1 Å². The third kappa shape index (κ3) is 3.11. The van der Waals surface area contributed by atoms with E-state index >= 15 is 0 Å². The van der Waals surface area contributed by atoms with Crippen LogP contribution in [0.15, 0.2) is 20.9 Å². The summed E-state index contributed by atoms with van der Waals surface area (Å²) < 4.78 is 5.77. The van der Waals surface area contributed by atoms with Crippen LogP contribution in [0.4, 0.5) is 0 Å². The highest BCUT2D eigenvalue weighted by molar-refractivity contribution is 8.00. The maximum atomic E-state index is 5.87. The van der Waals surface area contributed by atoms with Crippen molar-refractivity contribution in [2.24, 2.45) is 0 Å². The zero-order chi connectivity index (χ0) is 11.4. The van der Waals surface area contributed by atoms with Gasteiger partial charge in [0.25, 0.3) is 0 Å². The second-order valence-corrected chi connectivity index (χ2v) is 5.17. The van der Waals surface area contributed by atoms with Crippen molar-refractivity contribution in [2.45, 2.75) is 16.0 Å². The number of hydrogen-bond acceptors (Lipinski definition) is 7. The lowest BCUT2D eigenvalue weighted by Crippen LogP contribution is -1.98. The van der Waals surface area contributed by atoms with Crippen molar-refractivity contribution in [1.29, 1.82) is 0 Å². The molecule has 0 saturated carbocycles. The first-order valence-electron chi connectivity index (χ1n) is 4.24. The third-order valence-electron chi connectivity index (χ3n) is 1.52. The molecule has 0 aliphatic heterocycles. The largest absolute Gasteiger partial charge is 0.377 e. The van der Waals surface area contributed by atoms with Gasteiger partial charge < -0.3 is 4.74 Å². The summed E-state index contributed by atoms with van der Waals surface area (Å²) in [6.45, 7) is 0.338. The molecule has 0 aliphatic rings. The monoisotopic (exact) mass is 274 g/mol. The van der Waals surface area contributed by atoms with Gasteiger partial charge in [-0.1, -0.05) is 22.9 Å². The molecule has 0 fully saturated rings. The quantitative estimate of drug-likeness (QED) is 0.797. The molecule has 8 heteroatoms. The second kappa shape index (κ2) is 5.53. The maximum Gasteiger partial charge on any atom is 0.180 e. The van der Waals surface area contributed by atoms with E-state index in [2.05, 4.69) is 20.2 Å². The molecule has 2 heterocycles. The molecule has 2 aromatic rings. The van der Waals surface area contributed by atoms with Crippen molar-refractivity contribution in [3.8, 4) is 0 Å². The summed E-state index contributed by atoms with van der Waals surface area (Å²) in [5.74, 6) is 0.557. The summed E-state index contributed by atoms with van der Waals surface area (Å²) in [5.41, 5.74) is 1.67. The predicted octanol–water partition coefficient (Wildman–Crippen LogP) is 2.28. The number of rotatable bonds is 4. The van der Waals surface area contributed by atoms with Crippen LogP contribution < -0.4 is 0 Å². The Morgan fingerprint density at radius 3 is 3.06 bits per heavy atom. The highest BCUT2D eigenvalue weighted by Gasteiger charge is 2.06. The van der Waals surface area contributed by atoms with Crippen LogP contribution in [-0.4, -0.2) is 27.3 Å². The highest BCUT2D eigenvalue weighted by Crippen LogP contribution is 2.28. The van der Waals surface area contributed by atoms with E-state index in [1.54, 1.807) is 18.7 Å². The molecule has 2 aromatic heterocycles. The molecular weight excluding hydrogens is 268 g/mol. The van der Waals surface area contributed by atoms with Gasteiger partial charge in [0.2, 0.25) is 0 Å². The molecule has 84 valence electrons. The molecule has 0 spiro atoms. The molecule has 16 heavy (non-hydrogen) atoms. The van der Waals surface area contributed by atoms with E-state index in [0.717, 1.165) is 9.37 Å². The number of methoxy groups -OCH3 is 1. The smallest absolute Gasteiger partial charge is 0.180 e. The summed E-state index contributed by atoms with van der Waals surface area (Å²) >= 11 is 8.72. The Bertz CT molecular complexity index is 465. The molecular formula is C8H7ClN4OS2. The minimum Gasteiger partial charge on any atom is -0.377 e. The fraction of sp³-hybridized carbons (Fsp3) is 0.250. The van der Waals surface area contributed by atoms with Crippen LogP contribution in [0.5, 0.6) is 0 Å². The van der Waals surface area contributed by atoms with Crippen LogP contribution in [-0.2, 0) is 11.3 Å². The van der Waals surface area contributed by atoms with Gasteiger partial charge in [0.1, 0.15) is 22.3 Å². The van der Waals surface area contributed by atoms with Gasteiger partial charge in [-0.05, 0) is 11.8 Å². The van der Waals surface area contributed by atoms with Crippen molar-refractivity contribution < 1.29 is 4.74 Å². The summed E-state index contributed by atoms with van der Waals surface area (Å²) in [4.78, 5) is 8.32. The molecule has 0 aromatic carbocycles. The molecule has 0 bridgehead atoms. The second-order valence-electron chi connectivity index (χ2n) is 2.68. The first-order chi connectivity index (χ1) is 7.78. The van der Waals surface area contributed by atoms with Gasteiger partial charge in [-0.2, -0.15) is 0 Å². The molecule has 0 unspecified atom stereocenters. The topological polar surface area (TPSA) is 60.8 Å². The van der Waals surface area contributed by atoms with Crippen LogP contribution in [0.1, 0.15) is 5.82 Å². The van der Waals surface area contributed by atoms with E-state index in [0.29, 0.717) is 17.6 Å². The number of halogens is 1. The summed E-state index contributed by atoms with van der Waals surface area (Å²) in [6, 6.07) is 1.69. The van der Waals surface area contributed by atoms with E-state index in [-0.39, 0.29) is 0 Å². The molecule has 0 atom stereocenters. The van der Waals surface area contributed by atoms with Crippen LogP contribution in [0.3, 0.4) is 0 Å². The van der Waals surface area contributed by atoms with Crippen LogP contribution in [0.25, 0.3) is 0 Å².